The number of thiophene rings is 1. The molecule has 0 radical (unpaired) electrons. The maximum Gasteiger partial charge on any atom is 0.261 e. The summed E-state index contributed by atoms with van der Waals surface area (Å²) in [6.07, 6.45) is 1.72. The Morgan fingerprint density at radius 2 is 1.88 bits per heavy atom. The molecule has 0 aliphatic carbocycles. The Balaban J connectivity index is 1.69. The molecule has 0 spiro atoms. The first-order valence-corrected chi connectivity index (χ1v) is 9.86. The average Bonchev–Trinajstić information content (AvgIpc) is 3.25. The quantitative estimate of drug-likeness (QED) is 0.882. The second-order valence-corrected chi connectivity index (χ2v) is 8.75. The fourth-order valence-electron chi connectivity index (χ4n) is 2.54. The number of amides is 1. The molecule has 8 heteroatoms. The lowest BCUT2D eigenvalue weighted by Crippen LogP contribution is -2.27. The number of rotatable bonds is 5. The predicted molar refractivity (Wildman–Crippen MR) is 89.9 cm³/mol. The van der Waals surface area contributed by atoms with Gasteiger partial charge in [-0.25, -0.2) is 12.8 Å². The van der Waals surface area contributed by atoms with E-state index in [1.165, 1.54) is 22.5 Å². The van der Waals surface area contributed by atoms with E-state index in [-0.39, 0.29) is 16.6 Å². The zero-order chi connectivity index (χ0) is 17.2. The third-order valence-corrected chi connectivity index (χ3v) is 7.31. The van der Waals surface area contributed by atoms with E-state index in [1.807, 2.05) is 0 Å². The molecule has 2 aromatic rings. The first kappa shape index (κ1) is 17.1. The third-order valence-electron chi connectivity index (χ3n) is 3.86. The molecule has 3 rings (SSSR count). The van der Waals surface area contributed by atoms with Crippen molar-refractivity contribution in [2.45, 2.75) is 23.6 Å². The molecule has 24 heavy (non-hydrogen) atoms. The lowest BCUT2D eigenvalue weighted by atomic mass is 10.2. The van der Waals surface area contributed by atoms with Gasteiger partial charge in [-0.15, -0.1) is 11.3 Å². The van der Waals surface area contributed by atoms with Gasteiger partial charge >= 0.3 is 0 Å². The topological polar surface area (TPSA) is 66.5 Å². The molecule has 5 nitrogen and oxygen atoms in total. The molecule has 1 fully saturated rings. The fourth-order valence-corrected chi connectivity index (χ4v) is 5.43. The Bertz CT molecular complexity index is 843. The van der Waals surface area contributed by atoms with Crippen LogP contribution in [0.4, 0.5) is 4.39 Å². The van der Waals surface area contributed by atoms with Crippen LogP contribution in [0.5, 0.6) is 0 Å². The lowest BCUT2D eigenvalue weighted by molar-refractivity contribution is 0.0954. The number of halogens is 1. The van der Waals surface area contributed by atoms with E-state index in [0.29, 0.717) is 23.5 Å². The summed E-state index contributed by atoms with van der Waals surface area (Å²) in [5.74, 6) is -0.799. The van der Waals surface area contributed by atoms with Crippen LogP contribution in [0.15, 0.2) is 40.6 Å². The minimum Gasteiger partial charge on any atom is -0.347 e. The summed E-state index contributed by atoms with van der Waals surface area (Å²) in [4.78, 5) is 12.5. The van der Waals surface area contributed by atoms with E-state index in [1.54, 1.807) is 18.2 Å². The van der Waals surface area contributed by atoms with Crippen molar-refractivity contribution < 1.29 is 17.6 Å². The SMILES string of the molecule is O=C(NCc1ccccc1F)c1ccc(S(=O)(=O)N2CCCC2)s1. The normalized spacial score (nSPS) is 15.5. The van der Waals surface area contributed by atoms with Crippen molar-refractivity contribution in [3.63, 3.8) is 0 Å². The first-order valence-electron chi connectivity index (χ1n) is 7.60. The standard InChI is InChI=1S/C16H17FN2O3S2/c17-13-6-2-1-5-12(13)11-18-16(20)14-7-8-15(23-14)24(21,22)19-9-3-4-10-19/h1-2,5-8H,3-4,9-11H2,(H,18,20). The molecule has 1 N–H and O–H groups in total. The molecule has 1 aromatic carbocycles. The molecule has 1 amide bonds. The number of nitrogens with one attached hydrogen (secondary N) is 1. The monoisotopic (exact) mass is 368 g/mol. The van der Waals surface area contributed by atoms with Gasteiger partial charge in [0.1, 0.15) is 10.0 Å². The minimum atomic E-state index is -3.51. The van der Waals surface area contributed by atoms with Crippen LogP contribution in [0.1, 0.15) is 28.1 Å². The Morgan fingerprint density at radius 1 is 1.17 bits per heavy atom. The molecule has 0 bridgehead atoms. The highest BCUT2D eigenvalue weighted by Crippen LogP contribution is 2.27. The summed E-state index contributed by atoms with van der Waals surface area (Å²) >= 11 is 0.939. The first-order chi connectivity index (χ1) is 11.5. The molecule has 128 valence electrons. The summed E-state index contributed by atoms with van der Waals surface area (Å²) in [5.41, 5.74) is 0.382. The van der Waals surface area contributed by atoms with Crippen molar-refractivity contribution in [2.24, 2.45) is 0 Å². The van der Waals surface area contributed by atoms with Crippen molar-refractivity contribution in [3.8, 4) is 0 Å². The molecule has 1 saturated heterocycles. The van der Waals surface area contributed by atoms with Crippen LogP contribution < -0.4 is 5.32 Å². The summed E-state index contributed by atoms with van der Waals surface area (Å²) in [7, 11) is -3.51. The number of nitrogens with zero attached hydrogens (tertiary/aromatic N) is 1. The maximum absolute atomic E-state index is 13.5. The van der Waals surface area contributed by atoms with Gasteiger partial charge in [0.25, 0.3) is 15.9 Å². The summed E-state index contributed by atoms with van der Waals surface area (Å²) in [6.45, 7) is 1.10. The van der Waals surface area contributed by atoms with E-state index in [9.17, 15) is 17.6 Å². The molecule has 1 aromatic heterocycles. The second-order valence-electron chi connectivity index (χ2n) is 5.50. The third kappa shape index (κ3) is 3.50. The van der Waals surface area contributed by atoms with Gasteiger partial charge in [0, 0.05) is 25.2 Å². The van der Waals surface area contributed by atoms with Gasteiger partial charge in [0.2, 0.25) is 0 Å². The lowest BCUT2D eigenvalue weighted by Gasteiger charge is -2.13. The molecule has 0 atom stereocenters. The second kappa shape index (κ2) is 7.00. The van der Waals surface area contributed by atoms with Gasteiger partial charge in [-0.3, -0.25) is 4.79 Å². The number of sulfonamides is 1. The Labute approximate surface area is 144 Å². The van der Waals surface area contributed by atoms with Crippen molar-refractivity contribution >= 4 is 27.3 Å². The Morgan fingerprint density at radius 3 is 2.58 bits per heavy atom. The van der Waals surface area contributed by atoms with Crippen molar-refractivity contribution in [1.82, 2.24) is 9.62 Å². The van der Waals surface area contributed by atoms with Crippen LogP contribution in [-0.4, -0.2) is 31.7 Å². The van der Waals surface area contributed by atoms with E-state index in [4.69, 9.17) is 0 Å². The molecular weight excluding hydrogens is 351 g/mol. The Hall–Kier alpha value is -1.77. The van der Waals surface area contributed by atoms with Crippen LogP contribution in [0.2, 0.25) is 0 Å². The van der Waals surface area contributed by atoms with Crippen molar-refractivity contribution in [1.29, 1.82) is 0 Å². The maximum atomic E-state index is 13.5. The van der Waals surface area contributed by atoms with Gasteiger partial charge in [0.05, 0.1) is 4.88 Å². The van der Waals surface area contributed by atoms with Crippen LogP contribution in [0, 0.1) is 5.82 Å². The van der Waals surface area contributed by atoms with Gasteiger partial charge in [-0.05, 0) is 31.0 Å². The van der Waals surface area contributed by atoms with E-state index >= 15 is 0 Å². The fraction of sp³-hybridized carbons (Fsp3) is 0.312. The predicted octanol–water partition coefficient (Wildman–Crippen LogP) is 2.60. The molecule has 0 saturated carbocycles. The van der Waals surface area contributed by atoms with Crippen LogP contribution in [-0.2, 0) is 16.6 Å². The van der Waals surface area contributed by atoms with Gasteiger partial charge in [0.15, 0.2) is 0 Å². The van der Waals surface area contributed by atoms with E-state index < -0.39 is 15.9 Å². The number of hydrogen-bond donors (Lipinski definition) is 1. The van der Waals surface area contributed by atoms with E-state index in [0.717, 1.165) is 24.2 Å². The van der Waals surface area contributed by atoms with Gasteiger partial charge in [-0.1, -0.05) is 18.2 Å². The average molecular weight is 368 g/mol. The number of benzene rings is 1. The zero-order valence-electron chi connectivity index (χ0n) is 12.9. The van der Waals surface area contributed by atoms with Crippen LogP contribution in [0.3, 0.4) is 0 Å². The van der Waals surface area contributed by atoms with Crippen molar-refractivity contribution in [2.75, 3.05) is 13.1 Å². The molecule has 0 unspecified atom stereocenters. The highest BCUT2D eigenvalue weighted by Gasteiger charge is 2.29. The summed E-state index contributed by atoms with van der Waals surface area (Å²) < 4.78 is 40.1. The number of carbonyl (C=O) groups is 1. The minimum absolute atomic E-state index is 0.0532. The number of carbonyl (C=O) groups excluding carboxylic acids is 1. The summed E-state index contributed by atoms with van der Waals surface area (Å²) in [5, 5.41) is 2.61. The van der Waals surface area contributed by atoms with Gasteiger partial charge in [-0.2, -0.15) is 4.31 Å². The van der Waals surface area contributed by atoms with E-state index in [2.05, 4.69) is 5.32 Å². The zero-order valence-corrected chi connectivity index (χ0v) is 14.5. The highest BCUT2D eigenvalue weighted by molar-refractivity contribution is 7.91. The molecular formula is C16H17FN2O3S2. The largest absolute Gasteiger partial charge is 0.347 e. The highest BCUT2D eigenvalue weighted by atomic mass is 32.2. The number of hydrogen-bond acceptors (Lipinski definition) is 4. The van der Waals surface area contributed by atoms with Crippen molar-refractivity contribution in [3.05, 3.63) is 52.7 Å². The summed E-state index contributed by atoms with van der Waals surface area (Å²) in [6, 6.07) is 9.13. The van der Waals surface area contributed by atoms with Crippen LogP contribution in [0.25, 0.3) is 0 Å². The molecule has 1 aliphatic rings. The Kier molecular flexibility index (Phi) is 4.98. The van der Waals surface area contributed by atoms with Gasteiger partial charge < -0.3 is 5.32 Å². The molecule has 1 aliphatic heterocycles. The smallest absolute Gasteiger partial charge is 0.261 e. The van der Waals surface area contributed by atoms with Crippen LogP contribution >= 0.6 is 11.3 Å². The molecule has 2 heterocycles.